The highest BCUT2D eigenvalue weighted by atomic mass is 16.3. The maximum Gasteiger partial charge on any atom is 0.137 e. The van der Waals surface area contributed by atoms with Crippen molar-refractivity contribution >= 4 is 153 Å². The van der Waals surface area contributed by atoms with Crippen LogP contribution in [0.25, 0.3) is 209 Å². The lowest BCUT2D eigenvalue weighted by Gasteiger charge is -2.12. The molecule has 16 aromatic carbocycles. The van der Waals surface area contributed by atoms with Gasteiger partial charge in [0.05, 0.1) is 66.3 Å². The Bertz CT molecular complexity index is 7140. The number of benzene rings is 16. The summed E-state index contributed by atoms with van der Waals surface area (Å²) in [5, 5.41) is 18.6. The van der Waals surface area contributed by atoms with Crippen LogP contribution in [0.2, 0.25) is 0 Å². The zero-order valence-corrected chi connectivity index (χ0v) is 52.8. The zero-order chi connectivity index (χ0) is 63.8. The van der Waals surface area contributed by atoms with Crippen molar-refractivity contribution in [1.29, 1.82) is 0 Å². The molecule has 0 aliphatic heterocycles. The van der Waals surface area contributed by atoms with Gasteiger partial charge >= 0.3 is 0 Å². The maximum atomic E-state index is 6.99. The number of hydrogen-bond donors (Lipinski definition) is 0. The number of aromatic nitrogens is 4. The van der Waals surface area contributed by atoms with Crippen LogP contribution in [0.3, 0.4) is 0 Å². The summed E-state index contributed by atoms with van der Waals surface area (Å²) in [6, 6.07) is 120. The van der Waals surface area contributed by atoms with Gasteiger partial charge in [0.15, 0.2) is 0 Å². The number of para-hydroxylation sites is 3. The van der Waals surface area contributed by atoms with E-state index in [2.05, 4.69) is 346 Å². The van der Waals surface area contributed by atoms with Crippen LogP contribution < -0.4 is 0 Å². The van der Waals surface area contributed by atoms with Crippen molar-refractivity contribution < 1.29 is 8.83 Å². The first-order valence-electron chi connectivity index (χ1n) is 33.6. The third-order valence-corrected chi connectivity index (χ3v) is 21.1. The molecule has 98 heavy (non-hydrogen) atoms. The Hall–Kier alpha value is -13.2. The van der Waals surface area contributed by atoms with Gasteiger partial charge in [0.1, 0.15) is 22.3 Å². The molecule has 454 valence electrons. The first kappa shape index (κ1) is 53.2. The summed E-state index contributed by atoms with van der Waals surface area (Å²) in [5.41, 5.74) is 24.1. The molecule has 0 spiro atoms. The minimum atomic E-state index is 0.851. The molecule has 0 N–H and O–H groups in total. The topological polar surface area (TPSA) is 46.0 Å². The molecule has 0 saturated carbocycles. The molecular formula is C92H54N4O2. The standard InChI is InChI=1S/C92H54N4O2/c1-3-17-55(18-4-1)57-35-40-65(41-36-57)93-76-27-13-10-24-69(76)91-80(93)45-46-81-92(91)70-25-11-14-28-77(70)95(81)78-29-15-31-85-89(78)74-49-62-34-33-61(47-64(62)52-88(74)98-85)63-39-44-68-72-54-84-71(53-83(72)94(82(68)50-63)66-42-37-58(38-43-66)56-19-5-2-6-20-56)67-23-9-12-26-75(67)96(84)79-30-16-32-86-90(79)73-48-59-21-7-8-22-60(59)51-87(73)97-86/h1-54H. The Morgan fingerprint density at radius 2 is 0.571 bits per heavy atom. The van der Waals surface area contributed by atoms with Crippen LogP contribution in [0.4, 0.5) is 0 Å². The summed E-state index contributed by atoms with van der Waals surface area (Å²) < 4.78 is 23.5. The molecule has 6 aromatic heterocycles. The van der Waals surface area contributed by atoms with E-state index in [0.29, 0.717) is 0 Å². The Labute approximate surface area is 560 Å². The van der Waals surface area contributed by atoms with E-state index < -0.39 is 0 Å². The number of hydrogen-bond acceptors (Lipinski definition) is 2. The summed E-state index contributed by atoms with van der Waals surface area (Å²) in [6.45, 7) is 0. The molecule has 0 amide bonds. The molecule has 0 fully saturated rings. The molecule has 0 aliphatic rings. The van der Waals surface area contributed by atoms with Gasteiger partial charge in [-0.15, -0.1) is 0 Å². The number of nitrogens with zero attached hydrogens (tertiary/aromatic N) is 4. The highest BCUT2D eigenvalue weighted by molar-refractivity contribution is 6.30. The lowest BCUT2D eigenvalue weighted by atomic mass is 9.98. The van der Waals surface area contributed by atoms with Gasteiger partial charge in [-0.05, 0) is 182 Å². The average molecular weight is 1250 g/mol. The molecule has 22 aromatic rings. The molecule has 0 aliphatic carbocycles. The van der Waals surface area contributed by atoms with Crippen molar-refractivity contribution in [1.82, 2.24) is 18.3 Å². The minimum Gasteiger partial charge on any atom is -0.456 e. The molecule has 0 saturated heterocycles. The van der Waals surface area contributed by atoms with Crippen LogP contribution in [-0.2, 0) is 0 Å². The molecule has 6 heterocycles. The van der Waals surface area contributed by atoms with Crippen LogP contribution in [0.1, 0.15) is 0 Å². The van der Waals surface area contributed by atoms with E-state index in [1.807, 2.05) is 0 Å². The molecule has 22 rings (SSSR count). The van der Waals surface area contributed by atoms with Crippen LogP contribution in [-0.4, -0.2) is 18.3 Å². The zero-order valence-electron chi connectivity index (χ0n) is 52.8. The van der Waals surface area contributed by atoms with Crippen molar-refractivity contribution in [3.63, 3.8) is 0 Å². The van der Waals surface area contributed by atoms with Crippen LogP contribution >= 0.6 is 0 Å². The second-order valence-corrected chi connectivity index (χ2v) is 26.3. The third-order valence-electron chi connectivity index (χ3n) is 21.1. The van der Waals surface area contributed by atoms with Crippen molar-refractivity contribution in [3.05, 3.63) is 328 Å². The lowest BCUT2D eigenvalue weighted by Crippen LogP contribution is -1.95. The number of rotatable bonds is 7. The lowest BCUT2D eigenvalue weighted by molar-refractivity contribution is 0.669. The van der Waals surface area contributed by atoms with E-state index in [9.17, 15) is 0 Å². The van der Waals surface area contributed by atoms with Crippen molar-refractivity contribution in [2.24, 2.45) is 0 Å². The Morgan fingerprint density at radius 3 is 1.16 bits per heavy atom. The Balaban J connectivity index is 0.700. The van der Waals surface area contributed by atoms with Gasteiger partial charge in [-0.1, -0.05) is 200 Å². The van der Waals surface area contributed by atoms with E-state index in [1.165, 1.54) is 81.8 Å². The quantitative estimate of drug-likeness (QED) is 0.160. The number of furan rings is 2. The largest absolute Gasteiger partial charge is 0.456 e. The monoisotopic (exact) mass is 1250 g/mol. The van der Waals surface area contributed by atoms with Gasteiger partial charge in [-0.3, -0.25) is 0 Å². The van der Waals surface area contributed by atoms with Gasteiger partial charge in [-0.2, -0.15) is 0 Å². The molecule has 0 unspecified atom stereocenters. The molecular weight excluding hydrogens is 1190 g/mol. The second kappa shape index (κ2) is 20.2. The van der Waals surface area contributed by atoms with E-state index in [4.69, 9.17) is 8.83 Å². The maximum absolute atomic E-state index is 6.99. The first-order chi connectivity index (χ1) is 48.6. The van der Waals surface area contributed by atoms with Crippen molar-refractivity contribution in [2.45, 2.75) is 0 Å². The SMILES string of the molecule is c1ccc(-c2ccc(-n3c4cc(-c5ccc6cc7c(cc6c5)oc5cccc(-n6c8ccccc8c8c9c%10ccccc%10n(-c%10ccc(-c%11ccccc%11)cc%10)c9ccc86)c57)ccc4c4cc5c(cc43)c3ccccc3n5-c3cccc4oc5cc6ccccc6cc5c34)cc2)cc1. The molecule has 0 bridgehead atoms. The van der Waals surface area contributed by atoms with Crippen LogP contribution in [0.15, 0.2) is 336 Å². The third kappa shape index (κ3) is 7.62. The summed E-state index contributed by atoms with van der Waals surface area (Å²) in [5.74, 6) is 0. The fraction of sp³-hybridized carbons (Fsp3) is 0. The van der Waals surface area contributed by atoms with Crippen molar-refractivity contribution in [2.75, 3.05) is 0 Å². The number of fused-ring (bicyclic) bond motifs is 21. The highest BCUT2D eigenvalue weighted by Gasteiger charge is 2.26. The highest BCUT2D eigenvalue weighted by Crippen LogP contribution is 2.48. The van der Waals surface area contributed by atoms with Crippen LogP contribution in [0, 0.1) is 0 Å². The first-order valence-corrected chi connectivity index (χ1v) is 33.6. The van der Waals surface area contributed by atoms with Gasteiger partial charge in [0.25, 0.3) is 0 Å². The summed E-state index contributed by atoms with van der Waals surface area (Å²) in [6.07, 6.45) is 0. The minimum absolute atomic E-state index is 0.851. The molecule has 6 heteroatoms. The van der Waals surface area contributed by atoms with Crippen LogP contribution in [0.5, 0.6) is 0 Å². The summed E-state index contributed by atoms with van der Waals surface area (Å²) in [4.78, 5) is 0. The van der Waals surface area contributed by atoms with E-state index in [-0.39, 0.29) is 0 Å². The van der Waals surface area contributed by atoms with Gasteiger partial charge in [-0.25, -0.2) is 0 Å². The summed E-state index contributed by atoms with van der Waals surface area (Å²) >= 11 is 0. The van der Waals surface area contributed by atoms with Gasteiger partial charge < -0.3 is 27.1 Å². The molecule has 0 atom stereocenters. The van der Waals surface area contributed by atoms with E-state index in [1.54, 1.807) is 0 Å². The fourth-order valence-corrected chi connectivity index (χ4v) is 16.7. The Morgan fingerprint density at radius 1 is 0.173 bits per heavy atom. The Kier molecular flexibility index (Phi) is 11.0. The second-order valence-electron chi connectivity index (χ2n) is 26.3. The smallest absolute Gasteiger partial charge is 0.137 e. The molecule has 0 radical (unpaired) electrons. The van der Waals surface area contributed by atoms with E-state index in [0.717, 1.165) is 127 Å². The predicted molar refractivity (Wildman–Crippen MR) is 410 cm³/mol. The van der Waals surface area contributed by atoms with Crippen molar-refractivity contribution in [3.8, 4) is 56.1 Å². The fourth-order valence-electron chi connectivity index (χ4n) is 16.7. The predicted octanol–water partition coefficient (Wildman–Crippen LogP) is 25.2. The van der Waals surface area contributed by atoms with Gasteiger partial charge in [0, 0.05) is 65.2 Å². The normalized spacial score (nSPS) is 12.3. The van der Waals surface area contributed by atoms with E-state index >= 15 is 0 Å². The van der Waals surface area contributed by atoms with Gasteiger partial charge in [0.2, 0.25) is 0 Å². The molecule has 6 nitrogen and oxygen atoms in total. The average Bonchev–Trinajstić information content (AvgIpc) is 1.55. The summed E-state index contributed by atoms with van der Waals surface area (Å²) in [7, 11) is 0.